The van der Waals surface area contributed by atoms with Crippen molar-refractivity contribution in [2.24, 2.45) is 0 Å². The van der Waals surface area contributed by atoms with Crippen LogP contribution in [-0.2, 0) is 12.1 Å². The third-order valence-corrected chi connectivity index (χ3v) is 5.55. The fourth-order valence-electron chi connectivity index (χ4n) is 4.27. The molecule has 5 nitrogen and oxygen atoms in total. The maximum atomic E-state index is 11.5. The van der Waals surface area contributed by atoms with Crippen LogP contribution in [0.15, 0.2) is 36.4 Å². The van der Waals surface area contributed by atoms with E-state index in [0.717, 1.165) is 47.1 Å². The van der Waals surface area contributed by atoms with Crippen LogP contribution in [0.25, 0.3) is 11.0 Å². The van der Waals surface area contributed by atoms with Crippen molar-refractivity contribution in [2.75, 3.05) is 11.9 Å². The maximum absolute atomic E-state index is 11.5. The maximum Gasteiger partial charge on any atom is 2.00 e. The van der Waals surface area contributed by atoms with Crippen LogP contribution >= 0.6 is 0 Å². The molecule has 3 aromatic rings. The van der Waals surface area contributed by atoms with E-state index >= 15 is 0 Å². The van der Waals surface area contributed by atoms with Crippen molar-refractivity contribution < 1.29 is 27.2 Å². The van der Waals surface area contributed by atoms with Gasteiger partial charge in [-0.3, -0.25) is 0 Å². The van der Waals surface area contributed by atoms with Gasteiger partial charge in [-0.2, -0.15) is 6.42 Å². The van der Waals surface area contributed by atoms with Crippen molar-refractivity contribution in [1.29, 1.82) is 0 Å². The molecule has 0 radical (unpaired) electrons. The summed E-state index contributed by atoms with van der Waals surface area (Å²) in [6, 6.07) is 12.2. The number of aliphatic hydroxyl groups is 2. The molecule has 184 valence electrons. The van der Waals surface area contributed by atoms with Gasteiger partial charge in [0, 0.05) is 17.8 Å². The van der Waals surface area contributed by atoms with Crippen LogP contribution in [0.2, 0.25) is 0 Å². The Hall–Kier alpha value is -1.12. The number of para-hydroxylation sites is 1. The van der Waals surface area contributed by atoms with Crippen molar-refractivity contribution in [3.05, 3.63) is 60.0 Å². The molecule has 0 aliphatic carbocycles. The van der Waals surface area contributed by atoms with Crippen molar-refractivity contribution in [3.63, 3.8) is 0 Å². The van der Waals surface area contributed by atoms with Crippen molar-refractivity contribution in [2.45, 2.75) is 78.9 Å². The molecule has 0 amide bonds. The Bertz CT molecular complexity index is 1000. The SMILES string of the molecule is CCCC(O)(CCC)c1cccc2nc(Nc3ccc(C)cc3C)n(CCO)c12.[Br-].[CH2-]CC.[Mg+2]. The molecule has 1 heterocycles. The summed E-state index contributed by atoms with van der Waals surface area (Å²) in [7, 11) is 0. The number of aromatic nitrogens is 2. The van der Waals surface area contributed by atoms with Crippen LogP contribution in [0.4, 0.5) is 11.6 Å². The molecule has 0 aliphatic heterocycles. The monoisotopic (exact) mass is 541 g/mol. The fraction of sp³-hybridized carbons (Fsp3) is 0.481. The van der Waals surface area contributed by atoms with E-state index in [4.69, 9.17) is 4.98 Å². The number of anilines is 2. The number of nitrogens with one attached hydrogen (secondary N) is 1. The average Bonchev–Trinajstić information content (AvgIpc) is 3.08. The number of fused-ring (bicyclic) bond motifs is 1. The number of hydrogen-bond donors (Lipinski definition) is 3. The average molecular weight is 543 g/mol. The first-order chi connectivity index (χ1) is 15.3. The summed E-state index contributed by atoms with van der Waals surface area (Å²) in [6.07, 6.45) is 4.19. The Kier molecular flexibility index (Phi) is 15.3. The number of aliphatic hydroxyl groups excluding tert-OH is 1. The first kappa shape index (κ1) is 32.9. The minimum absolute atomic E-state index is 0. The van der Waals surface area contributed by atoms with Crippen molar-refractivity contribution in [1.82, 2.24) is 9.55 Å². The fourth-order valence-corrected chi connectivity index (χ4v) is 4.27. The van der Waals surface area contributed by atoms with E-state index in [2.05, 4.69) is 58.1 Å². The first-order valence-corrected chi connectivity index (χ1v) is 11.8. The summed E-state index contributed by atoms with van der Waals surface area (Å²) < 4.78 is 2.00. The molecule has 0 fully saturated rings. The standard InChI is InChI=1S/C24H33N3O2.C3H7.BrH.Mg/c1-5-12-24(29,13-6-2)19-8-7-9-21-22(19)27(14-15-28)23(26-21)25-20-11-10-17(3)16-18(20)4;1-3-2;;/h7-11,16,28-29H,5-6,12-15H2,1-4H3,(H,25,26);1,3H2,2H3;1H;/q;-1;;+2/p-1. The van der Waals surface area contributed by atoms with Crippen molar-refractivity contribution in [3.8, 4) is 0 Å². The van der Waals surface area contributed by atoms with Gasteiger partial charge in [0.05, 0.1) is 23.2 Å². The minimum atomic E-state index is -0.896. The second-order valence-corrected chi connectivity index (χ2v) is 8.46. The summed E-state index contributed by atoms with van der Waals surface area (Å²) in [5, 5.41) is 24.7. The van der Waals surface area contributed by atoms with Gasteiger partial charge in [0.2, 0.25) is 5.95 Å². The third kappa shape index (κ3) is 7.95. The number of imidazole rings is 1. The summed E-state index contributed by atoms with van der Waals surface area (Å²) in [5.74, 6) is 0.684. The molecule has 2 aromatic carbocycles. The molecule has 0 bridgehead atoms. The normalized spacial score (nSPS) is 10.7. The van der Waals surface area contributed by atoms with Gasteiger partial charge < -0.3 is 44.0 Å². The van der Waals surface area contributed by atoms with Gasteiger partial charge in [0.25, 0.3) is 0 Å². The second-order valence-electron chi connectivity index (χ2n) is 8.46. The Labute approximate surface area is 232 Å². The minimum Gasteiger partial charge on any atom is -1.00 e. The number of rotatable bonds is 9. The van der Waals surface area contributed by atoms with E-state index < -0.39 is 5.60 Å². The van der Waals surface area contributed by atoms with E-state index in [9.17, 15) is 10.2 Å². The van der Waals surface area contributed by atoms with E-state index in [1.807, 2.05) is 29.7 Å². The van der Waals surface area contributed by atoms with E-state index in [1.165, 1.54) is 5.56 Å². The van der Waals surface area contributed by atoms with Crippen molar-refractivity contribution >= 4 is 45.7 Å². The van der Waals surface area contributed by atoms with Gasteiger partial charge >= 0.3 is 23.1 Å². The molecule has 3 rings (SSSR count). The molecule has 0 atom stereocenters. The van der Waals surface area contributed by atoms with E-state index in [1.54, 1.807) is 0 Å². The first-order valence-electron chi connectivity index (χ1n) is 11.8. The Morgan fingerprint density at radius 1 is 1.06 bits per heavy atom. The molecule has 0 saturated carbocycles. The molecule has 1 aromatic heterocycles. The Morgan fingerprint density at radius 2 is 1.68 bits per heavy atom. The van der Waals surface area contributed by atoms with Gasteiger partial charge in [-0.25, -0.2) is 4.98 Å². The predicted molar refractivity (Wildman–Crippen MR) is 141 cm³/mol. The number of nitrogens with zero attached hydrogens (tertiary/aromatic N) is 2. The van der Waals surface area contributed by atoms with Crippen LogP contribution < -0.4 is 22.3 Å². The van der Waals surface area contributed by atoms with Gasteiger partial charge in [-0.05, 0) is 44.4 Å². The molecular weight excluding hydrogens is 503 g/mol. The second kappa shape index (κ2) is 15.8. The van der Waals surface area contributed by atoms with Crippen LogP contribution in [0.3, 0.4) is 0 Å². The summed E-state index contributed by atoms with van der Waals surface area (Å²) in [6.45, 7) is 14.3. The molecule has 0 spiro atoms. The van der Waals surface area contributed by atoms with Gasteiger partial charge in [0.1, 0.15) is 0 Å². The van der Waals surface area contributed by atoms with Gasteiger partial charge in [-0.15, -0.1) is 0 Å². The molecule has 7 heteroatoms. The topological polar surface area (TPSA) is 70.3 Å². The zero-order valence-electron chi connectivity index (χ0n) is 21.5. The Morgan fingerprint density at radius 3 is 2.21 bits per heavy atom. The number of benzene rings is 2. The predicted octanol–water partition coefficient (Wildman–Crippen LogP) is 3.03. The molecule has 0 aliphatic rings. The summed E-state index contributed by atoms with van der Waals surface area (Å²) in [5.41, 5.74) is 5.07. The summed E-state index contributed by atoms with van der Waals surface area (Å²) in [4.78, 5) is 4.81. The molecule has 3 N–H and O–H groups in total. The number of hydrogen-bond acceptors (Lipinski definition) is 4. The molecule has 0 unspecified atom stereocenters. The third-order valence-electron chi connectivity index (χ3n) is 5.55. The quantitative estimate of drug-likeness (QED) is 0.287. The smallest absolute Gasteiger partial charge is 1.00 e. The largest absolute Gasteiger partial charge is 2.00 e. The molecule has 0 saturated heterocycles. The van der Waals surface area contributed by atoms with Crippen LogP contribution in [0, 0.1) is 20.8 Å². The molecular formula is C27H40BrMgN3O2. The molecule has 34 heavy (non-hydrogen) atoms. The summed E-state index contributed by atoms with van der Waals surface area (Å²) >= 11 is 0. The van der Waals surface area contributed by atoms with Crippen LogP contribution in [0.1, 0.15) is 69.6 Å². The Balaban J connectivity index is 0.00000207. The van der Waals surface area contributed by atoms with E-state index in [-0.39, 0.29) is 46.6 Å². The zero-order chi connectivity index (χ0) is 23.7. The van der Waals surface area contributed by atoms with Gasteiger partial charge in [-0.1, -0.05) is 63.4 Å². The van der Waals surface area contributed by atoms with Gasteiger partial charge in [0.15, 0.2) is 0 Å². The zero-order valence-corrected chi connectivity index (χ0v) is 24.5. The van der Waals surface area contributed by atoms with Crippen LogP contribution in [-0.4, -0.2) is 49.4 Å². The number of aryl methyl sites for hydroxylation is 2. The number of halogens is 1. The van der Waals surface area contributed by atoms with E-state index in [0.29, 0.717) is 25.3 Å². The van der Waals surface area contributed by atoms with Crippen LogP contribution in [0.5, 0.6) is 0 Å².